The van der Waals surface area contributed by atoms with Crippen LogP contribution in [0.15, 0.2) is 58.3 Å². The van der Waals surface area contributed by atoms with Crippen molar-refractivity contribution in [1.29, 1.82) is 0 Å². The number of rotatable bonds is 4. The molecule has 0 aliphatic carbocycles. The second-order valence-corrected chi connectivity index (χ2v) is 7.30. The average Bonchev–Trinajstić information content (AvgIpc) is 2.46. The molecule has 0 atom stereocenters. The van der Waals surface area contributed by atoms with E-state index in [4.69, 9.17) is 0 Å². The zero-order valence-electron chi connectivity index (χ0n) is 11.8. The summed E-state index contributed by atoms with van der Waals surface area (Å²) in [5, 5.41) is 4.77. The molecule has 2 rings (SSSR count). The molecule has 24 heavy (non-hydrogen) atoms. The van der Waals surface area contributed by atoms with Crippen LogP contribution in [-0.2, 0) is 20.2 Å². The molecule has 2 amide bonds. The van der Waals surface area contributed by atoms with E-state index in [1.807, 2.05) is 0 Å². The predicted octanol–water partition coefficient (Wildman–Crippen LogP) is 1.14. The zero-order valence-corrected chi connectivity index (χ0v) is 13.4. The molecule has 0 aliphatic heterocycles. The van der Waals surface area contributed by atoms with Gasteiger partial charge < -0.3 is 19.7 Å². The molecule has 11 heteroatoms. The Morgan fingerprint density at radius 2 is 0.958 bits per heavy atom. The number of benzene rings is 2. The summed E-state index contributed by atoms with van der Waals surface area (Å²) in [7, 11) is -9.13. The Balaban J connectivity index is 2.03. The van der Waals surface area contributed by atoms with E-state index in [0.717, 1.165) is 24.3 Å². The number of amides is 2. The molecule has 2 N–H and O–H groups in total. The highest BCUT2D eigenvalue weighted by Gasteiger charge is 2.06. The van der Waals surface area contributed by atoms with Gasteiger partial charge in [-0.25, -0.2) is 21.6 Å². The normalized spacial score (nSPS) is 11.8. The van der Waals surface area contributed by atoms with Crippen LogP contribution in [-0.4, -0.2) is 32.0 Å². The summed E-state index contributed by atoms with van der Waals surface area (Å²) in [6.07, 6.45) is 0. The molecule has 0 radical (unpaired) electrons. The standard InChI is InChI=1S/C13H12N2O7S2/c16-13(14-9-1-5-11(6-2-9)23(17,18)19)15-10-3-7-12(8-4-10)24(20,21)22/h1-8H,(H2,14,15,16)(H,17,18,19)(H,20,21,22)/p-2. The van der Waals surface area contributed by atoms with Crippen LogP contribution in [0.4, 0.5) is 16.2 Å². The SMILES string of the molecule is O=C(Nc1ccc(S(=O)(=O)[O-])cc1)Nc1ccc(S(=O)(=O)[O-])cc1. The van der Waals surface area contributed by atoms with Gasteiger partial charge in [-0.2, -0.15) is 0 Å². The molecule has 2 aromatic rings. The molecule has 0 saturated carbocycles. The van der Waals surface area contributed by atoms with Gasteiger partial charge in [-0.15, -0.1) is 0 Å². The zero-order chi connectivity index (χ0) is 18.0. The third kappa shape index (κ3) is 4.76. The minimum Gasteiger partial charge on any atom is -0.744 e. The Morgan fingerprint density at radius 1 is 0.667 bits per heavy atom. The number of anilines is 2. The van der Waals surface area contributed by atoms with Crippen molar-refractivity contribution in [3.8, 4) is 0 Å². The number of hydrogen-bond acceptors (Lipinski definition) is 7. The minimum atomic E-state index is -4.57. The fourth-order valence-corrected chi connectivity index (χ4v) is 2.64. The molecule has 0 bridgehead atoms. The lowest BCUT2D eigenvalue weighted by atomic mass is 10.3. The predicted molar refractivity (Wildman–Crippen MR) is 81.5 cm³/mol. The van der Waals surface area contributed by atoms with E-state index in [1.54, 1.807) is 0 Å². The highest BCUT2D eigenvalue weighted by atomic mass is 32.2. The number of carbonyl (C=O) groups is 1. The molecule has 0 aromatic heterocycles. The lowest BCUT2D eigenvalue weighted by Gasteiger charge is -2.11. The van der Waals surface area contributed by atoms with Crippen molar-refractivity contribution in [3.05, 3.63) is 48.5 Å². The van der Waals surface area contributed by atoms with Gasteiger partial charge in [0.2, 0.25) is 0 Å². The van der Waals surface area contributed by atoms with E-state index in [0.29, 0.717) is 0 Å². The fourth-order valence-electron chi connectivity index (χ4n) is 1.70. The topological polar surface area (TPSA) is 156 Å². The summed E-state index contributed by atoms with van der Waals surface area (Å²) >= 11 is 0. The largest absolute Gasteiger partial charge is 0.744 e. The van der Waals surface area contributed by atoms with Gasteiger partial charge in [-0.3, -0.25) is 0 Å². The molecule has 0 fully saturated rings. The molecular weight excluding hydrogens is 360 g/mol. The van der Waals surface area contributed by atoms with Crippen LogP contribution in [0, 0.1) is 0 Å². The average molecular weight is 370 g/mol. The second-order valence-electron chi connectivity index (χ2n) is 4.54. The van der Waals surface area contributed by atoms with Gasteiger partial charge in [-0.05, 0) is 48.5 Å². The van der Waals surface area contributed by atoms with E-state index in [9.17, 15) is 30.7 Å². The Kier molecular flexibility index (Phi) is 4.89. The quantitative estimate of drug-likeness (QED) is 0.764. The van der Waals surface area contributed by atoms with Crippen LogP contribution in [0.2, 0.25) is 0 Å². The summed E-state index contributed by atoms with van der Waals surface area (Å²) in [5.41, 5.74) is 0.470. The van der Waals surface area contributed by atoms with Crippen molar-refractivity contribution in [2.75, 3.05) is 10.6 Å². The first-order chi connectivity index (χ1) is 11.1. The summed E-state index contributed by atoms with van der Waals surface area (Å²) in [4.78, 5) is 10.9. The number of carbonyl (C=O) groups excluding carboxylic acids is 1. The number of hydrogen-bond donors (Lipinski definition) is 2. The van der Waals surface area contributed by atoms with Crippen molar-refractivity contribution in [2.45, 2.75) is 9.79 Å². The molecule has 2 aromatic carbocycles. The smallest absolute Gasteiger partial charge is 0.323 e. The van der Waals surface area contributed by atoms with Crippen molar-refractivity contribution in [1.82, 2.24) is 0 Å². The summed E-state index contributed by atoms with van der Waals surface area (Å²) in [6, 6.07) is 8.43. The van der Waals surface area contributed by atoms with Crippen LogP contribution < -0.4 is 10.6 Å². The molecule has 0 aliphatic rings. The van der Waals surface area contributed by atoms with Gasteiger partial charge >= 0.3 is 6.03 Å². The first kappa shape index (κ1) is 17.9. The molecule has 9 nitrogen and oxygen atoms in total. The lowest BCUT2D eigenvalue weighted by Crippen LogP contribution is -2.19. The molecule has 0 heterocycles. The van der Waals surface area contributed by atoms with Crippen molar-refractivity contribution in [2.24, 2.45) is 0 Å². The Labute approximate surface area is 137 Å². The fraction of sp³-hybridized carbons (Fsp3) is 0. The molecule has 0 saturated heterocycles. The first-order valence-corrected chi connectivity index (χ1v) is 9.07. The second kappa shape index (κ2) is 6.57. The van der Waals surface area contributed by atoms with E-state index < -0.39 is 36.1 Å². The van der Waals surface area contributed by atoms with Gasteiger partial charge in [0.1, 0.15) is 20.2 Å². The molecule has 0 spiro atoms. The van der Waals surface area contributed by atoms with Gasteiger partial charge in [-0.1, -0.05) is 0 Å². The molecule has 0 unspecified atom stereocenters. The van der Waals surface area contributed by atoms with Crippen molar-refractivity contribution < 1.29 is 30.7 Å². The summed E-state index contributed by atoms with van der Waals surface area (Å²) in [6.45, 7) is 0. The first-order valence-electron chi connectivity index (χ1n) is 6.26. The lowest BCUT2D eigenvalue weighted by molar-refractivity contribution is 0.262. The summed E-state index contributed by atoms with van der Waals surface area (Å²) in [5.74, 6) is 0. The maximum absolute atomic E-state index is 11.8. The highest BCUT2D eigenvalue weighted by molar-refractivity contribution is 7.86. The van der Waals surface area contributed by atoms with Crippen LogP contribution in [0.25, 0.3) is 0 Å². The Hall–Kier alpha value is -2.47. The van der Waals surface area contributed by atoms with Crippen LogP contribution in [0.3, 0.4) is 0 Å². The van der Waals surface area contributed by atoms with Crippen LogP contribution in [0.5, 0.6) is 0 Å². The van der Waals surface area contributed by atoms with Crippen molar-refractivity contribution >= 4 is 37.6 Å². The minimum absolute atomic E-state index is 0.235. The third-order valence-electron chi connectivity index (χ3n) is 2.80. The van der Waals surface area contributed by atoms with E-state index in [2.05, 4.69) is 10.6 Å². The van der Waals surface area contributed by atoms with Crippen LogP contribution in [0.1, 0.15) is 0 Å². The van der Waals surface area contributed by atoms with Crippen LogP contribution >= 0.6 is 0 Å². The van der Waals surface area contributed by atoms with Gasteiger partial charge in [0.15, 0.2) is 0 Å². The molecule has 128 valence electrons. The molecular formula is C13H10N2O7S2-2. The van der Waals surface area contributed by atoms with Gasteiger partial charge in [0.05, 0.1) is 9.79 Å². The summed E-state index contributed by atoms with van der Waals surface area (Å²) < 4.78 is 64.7. The highest BCUT2D eigenvalue weighted by Crippen LogP contribution is 2.16. The van der Waals surface area contributed by atoms with Gasteiger partial charge in [0, 0.05) is 11.4 Å². The van der Waals surface area contributed by atoms with Crippen molar-refractivity contribution in [3.63, 3.8) is 0 Å². The monoisotopic (exact) mass is 370 g/mol. The van der Waals surface area contributed by atoms with Gasteiger partial charge in [0.25, 0.3) is 0 Å². The van der Waals surface area contributed by atoms with E-state index >= 15 is 0 Å². The Morgan fingerprint density at radius 3 is 1.21 bits per heavy atom. The third-order valence-corrected chi connectivity index (χ3v) is 4.50. The maximum atomic E-state index is 11.8. The maximum Gasteiger partial charge on any atom is 0.323 e. The number of nitrogens with one attached hydrogen (secondary N) is 2. The van der Waals surface area contributed by atoms with E-state index in [1.165, 1.54) is 24.3 Å². The van der Waals surface area contributed by atoms with E-state index in [-0.39, 0.29) is 11.4 Å². The Bertz CT molecular complexity index is 871. The number of urea groups is 1.